The Morgan fingerprint density at radius 2 is 1.91 bits per heavy atom. The van der Waals surface area contributed by atoms with E-state index < -0.39 is 5.82 Å². The van der Waals surface area contributed by atoms with Crippen LogP contribution in [0, 0.1) is 5.82 Å². The Balaban J connectivity index is 1.72. The highest BCUT2D eigenvalue weighted by Crippen LogP contribution is 2.27. The highest BCUT2D eigenvalue weighted by molar-refractivity contribution is 6.31. The summed E-state index contributed by atoms with van der Waals surface area (Å²) >= 11 is 6.00. The summed E-state index contributed by atoms with van der Waals surface area (Å²) in [5, 5.41) is 0.279. The molecule has 3 rings (SSSR count). The van der Waals surface area contributed by atoms with Crippen molar-refractivity contribution in [3.63, 3.8) is 0 Å². The first-order valence-electron chi connectivity index (χ1n) is 7.57. The van der Waals surface area contributed by atoms with Crippen molar-refractivity contribution in [1.82, 2.24) is 4.90 Å². The maximum atomic E-state index is 13.8. The Kier molecular flexibility index (Phi) is 4.64. The molecule has 5 heteroatoms. The zero-order valence-electron chi connectivity index (χ0n) is 12.6. The largest absolute Gasteiger partial charge is 0.340 e. The van der Waals surface area contributed by atoms with Crippen molar-refractivity contribution < 1.29 is 9.18 Å². The van der Waals surface area contributed by atoms with Crippen LogP contribution < -0.4 is 5.73 Å². The molecule has 1 aliphatic rings. The van der Waals surface area contributed by atoms with Gasteiger partial charge in [0.05, 0.1) is 6.42 Å². The Hall–Kier alpha value is -1.91. The number of benzene rings is 2. The molecule has 0 saturated carbocycles. The first-order valence-corrected chi connectivity index (χ1v) is 7.95. The monoisotopic (exact) mass is 332 g/mol. The number of nitrogens with two attached hydrogens (primary N) is 1. The van der Waals surface area contributed by atoms with Gasteiger partial charge in [0.25, 0.3) is 0 Å². The maximum Gasteiger partial charge on any atom is 0.227 e. The van der Waals surface area contributed by atoms with Gasteiger partial charge in [-0.2, -0.15) is 0 Å². The molecule has 2 aromatic rings. The van der Waals surface area contributed by atoms with Crippen molar-refractivity contribution in [3.8, 4) is 0 Å². The van der Waals surface area contributed by atoms with Gasteiger partial charge in [-0.3, -0.25) is 4.79 Å². The summed E-state index contributed by atoms with van der Waals surface area (Å²) in [6.45, 7) is 1.03. The molecule has 23 heavy (non-hydrogen) atoms. The van der Waals surface area contributed by atoms with Gasteiger partial charge >= 0.3 is 0 Å². The number of carbonyl (C=O) groups excluding carboxylic acids is 1. The first-order chi connectivity index (χ1) is 11.1. The quantitative estimate of drug-likeness (QED) is 0.939. The number of hydrogen-bond acceptors (Lipinski definition) is 2. The van der Waals surface area contributed by atoms with Gasteiger partial charge < -0.3 is 10.6 Å². The molecule has 2 aromatic carbocycles. The number of hydrogen-bond donors (Lipinski definition) is 1. The lowest BCUT2D eigenvalue weighted by molar-refractivity contribution is -0.129. The van der Waals surface area contributed by atoms with Crippen LogP contribution in [0.2, 0.25) is 5.02 Å². The topological polar surface area (TPSA) is 46.3 Å². The van der Waals surface area contributed by atoms with Crippen molar-refractivity contribution in [2.45, 2.75) is 18.4 Å². The summed E-state index contributed by atoms with van der Waals surface area (Å²) in [4.78, 5) is 14.2. The Labute approximate surface area is 139 Å². The molecule has 1 amide bonds. The SMILES string of the molecule is N[C@@H]1CN(C(=O)Cc2c(F)cccc2Cl)C[C@H]1c1ccccc1. The lowest BCUT2D eigenvalue weighted by atomic mass is 9.95. The van der Waals surface area contributed by atoms with Crippen molar-refractivity contribution in [2.24, 2.45) is 5.73 Å². The molecule has 1 saturated heterocycles. The van der Waals surface area contributed by atoms with Crippen molar-refractivity contribution in [1.29, 1.82) is 0 Å². The summed E-state index contributed by atoms with van der Waals surface area (Å²) in [5.74, 6) is -0.490. The molecule has 0 radical (unpaired) electrons. The fourth-order valence-electron chi connectivity index (χ4n) is 3.05. The predicted octanol–water partition coefficient (Wildman–Crippen LogP) is 2.97. The summed E-state index contributed by atoms with van der Waals surface area (Å²) in [7, 11) is 0. The summed E-state index contributed by atoms with van der Waals surface area (Å²) in [6.07, 6.45) is -0.0419. The van der Waals surface area contributed by atoms with Crippen LogP contribution in [0.3, 0.4) is 0 Å². The van der Waals surface area contributed by atoms with E-state index in [1.165, 1.54) is 12.1 Å². The average Bonchev–Trinajstić information content (AvgIpc) is 2.94. The van der Waals surface area contributed by atoms with E-state index in [1.807, 2.05) is 30.3 Å². The molecule has 1 fully saturated rings. The van der Waals surface area contributed by atoms with E-state index in [9.17, 15) is 9.18 Å². The van der Waals surface area contributed by atoms with Crippen molar-refractivity contribution in [3.05, 3.63) is 70.5 Å². The molecule has 0 bridgehead atoms. The third-order valence-electron chi connectivity index (χ3n) is 4.34. The lowest BCUT2D eigenvalue weighted by Gasteiger charge is -2.17. The highest BCUT2D eigenvalue weighted by Gasteiger charge is 2.34. The van der Waals surface area contributed by atoms with Gasteiger partial charge in [0.1, 0.15) is 5.82 Å². The van der Waals surface area contributed by atoms with Crippen LogP contribution in [0.4, 0.5) is 4.39 Å². The number of nitrogens with zero attached hydrogens (tertiary/aromatic N) is 1. The standard InChI is InChI=1S/C18H18ClFN2O/c19-15-7-4-8-16(20)13(15)9-18(23)22-10-14(17(21)11-22)12-5-2-1-3-6-12/h1-8,14,17H,9-11,21H2/t14-,17+/m0/s1. The molecule has 2 atom stereocenters. The highest BCUT2D eigenvalue weighted by atomic mass is 35.5. The van der Waals surface area contributed by atoms with E-state index in [0.717, 1.165) is 5.56 Å². The molecular formula is C18H18ClFN2O. The van der Waals surface area contributed by atoms with Gasteiger partial charge in [0, 0.05) is 35.6 Å². The second-order valence-electron chi connectivity index (χ2n) is 5.86. The van der Waals surface area contributed by atoms with Gasteiger partial charge in [0.2, 0.25) is 5.91 Å². The minimum atomic E-state index is -0.450. The smallest absolute Gasteiger partial charge is 0.227 e. The van der Waals surface area contributed by atoms with Crippen molar-refractivity contribution in [2.75, 3.05) is 13.1 Å². The fourth-order valence-corrected chi connectivity index (χ4v) is 3.28. The van der Waals surface area contributed by atoms with E-state index in [-0.39, 0.29) is 34.9 Å². The summed E-state index contributed by atoms with van der Waals surface area (Å²) in [6, 6.07) is 14.2. The second-order valence-corrected chi connectivity index (χ2v) is 6.26. The van der Waals surface area contributed by atoms with E-state index in [0.29, 0.717) is 13.1 Å². The zero-order valence-corrected chi connectivity index (χ0v) is 13.3. The van der Waals surface area contributed by atoms with Crippen LogP contribution in [0.25, 0.3) is 0 Å². The number of amides is 1. The molecule has 1 aliphatic heterocycles. The zero-order chi connectivity index (χ0) is 16.4. The molecule has 1 heterocycles. The third-order valence-corrected chi connectivity index (χ3v) is 4.69. The van der Waals surface area contributed by atoms with E-state index >= 15 is 0 Å². The maximum absolute atomic E-state index is 13.8. The second kappa shape index (κ2) is 6.69. The Morgan fingerprint density at radius 3 is 2.61 bits per heavy atom. The van der Waals surface area contributed by atoms with Crippen LogP contribution in [0.1, 0.15) is 17.0 Å². The van der Waals surface area contributed by atoms with Crippen LogP contribution in [0.15, 0.2) is 48.5 Å². The van der Waals surface area contributed by atoms with Gasteiger partial charge in [-0.25, -0.2) is 4.39 Å². The molecule has 3 nitrogen and oxygen atoms in total. The summed E-state index contributed by atoms with van der Waals surface area (Å²) < 4.78 is 13.8. The number of halogens is 2. The molecule has 2 N–H and O–H groups in total. The number of rotatable bonds is 3. The Morgan fingerprint density at radius 1 is 1.17 bits per heavy atom. The van der Waals surface area contributed by atoms with Crippen LogP contribution in [-0.4, -0.2) is 29.9 Å². The Bertz CT molecular complexity index is 687. The average molecular weight is 333 g/mol. The van der Waals surface area contributed by atoms with Gasteiger partial charge in [0.15, 0.2) is 0 Å². The molecular weight excluding hydrogens is 315 g/mol. The molecule has 0 spiro atoms. The molecule has 0 unspecified atom stereocenters. The fraction of sp³-hybridized carbons (Fsp3) is 0.278. The van der Waals surface area contributed by atoms with E-state index in [1.54, 1.807) is 11.0 Å². The molecule has 120 valence electrons. The first kappa shape index (κ1) is 16.0. The van der Waals surface area contributed by atoms with E-state index in [2.05, 4.69) is 0 Å². The van der Waals surface area contributed by atoms with Crippen LogP contribution >= 0.6 is 11.6 Å². The third kappa shape index (κ3) is 3.38. The number of likely N-dealkylation sites (tertiary alicyclic amines) is 1. The minimum Gasteiger partial charge on any atom is -0.340 e. The molecule has 0 aliphatic carbocycles. The van der Waals surface area contributed by atoms with Crippen molar-refractivity contribution >= 4 is 17.5 Å². The lowest BCUT2D eigenvalue weighted by Crippen LogP contribution is -2.33. The number of carbonyl (C=O) groups is 1. The predicted molar refractivity (Wildman–Crippen MR) is 88.9 cm³/mol. The van der Waals surface area contributed by atoms with E-state index in [4.69, 9.17) is 17.3 Å². The molecule has 0 aromatic heterocycles. The van der Waals surface area contributed by atoms with Gasteiger partial charge in [-0.15, -0.1) is 0 Å². The minimum absolute atomic E-state index is 0.0419. The van der Waals surface area contributed by atoms with Crippen LogP contribution in [0.5, 0.6) is 0 Å². The van der Waals surface area contributed by atoms with Crippen LogP contribution in [-0.2, 0) is 11.2 Å². The summed E-state index contributed by atoms with van der Waals surface area (Å²) in [5.41, 5.74) is 7.57. The normalized spacial score (nSPS) is 20.7. The van der Waals surface area contributed by atoms with Gasteiger partial charge in [-0.05, 0) is 17.7 Å². The van der Waals surface area contributed by atoms with Gasteiger partial charge in [-0.1, -0.05) is 48.0 Å².